The molecule has 0 unspecified atom stereocenters. The van der Waals surface area contributed by atoms with Gasteiger partial charge in [0.2, 0.25) is 0 Å². The number of aromatic nitrogens is 1. The van der Waals surface area contributed by atoms with Crippen molar-refractivity contribution in [2.24, 2.45) is 0 Å². The van der Waals surface area contributed by atoms with E-state index in [2.05, 4.69) is 204 Å². The number of fused-ring (bicyclic) bond motifs is 18. The lowest BCUT2D eigenvalue weighted by Crippen LogP contribution is -2.60. The van der Waals surface area contributed by atoms with Crippen LogP contribution in [0.15, 0.2) is 148 Å². The first-order chi connectivity index (χ1) is 30.8. The van der Waals surface area contributed by atoms with E-state index >= 15 is 0 Å². The number of nitrogens with zero attached hydrogens (tertiary/aromatic N) is 2. The van der Waals surface area contributed by atoms with E-state index < -0.39 is 0 Å². The second-order valence-corrected chi connectivity index (χ2v) is 21.3. The largest absolute Gasteiger partial charge is 0.456 e. The van der Waals surface area contributed by atoms with Crippen LogP contribution in [0.1, 0.15) is 77.6 Å². The van der Waals surface area contributed by atoms with Gasteiger partial charge < -0.3 is 18.2 Å². The topological polar surface area (TPSA) is 34.5 Å². The molecule has 0 atom stereocenters. The second kappa shape index (κ2) is 11.8. The van der Waals surface area contributed by atoms with Crippen LogP contribution < -0.4 is 15.7 Å². The Labute approximate surface area is 372 Å². The molecule has 0 N–H and O–H groups in total. The van der Waals surface area contributed by atoms with Crippen molar-refractivity contribution in [2.45, 2.75) is 71.6 Å². The third-order valence-electron chi connectivity index (χ3n) is 15.3. The average molecular weight is 827 g/mol. The molecule has 0 bridgehead atoms. The summed E-state index contributed by atoms with van der Waals surface area (Å²) in [5, 5.41) is 7.15. The minimum atomic E-state index is -0.156. The monoisotopic (exact) mass is 826 g/mol. The standard InChI is InChI=1S/C59H47BN2O2/c1-57(2,3)32-17-20-34(21-18-32)62-47-28-41-36-22-19-33(58(4,5)6)27-50(36)64-51(41)30-40(47)37-23-24-39-54-46(26-25-44-53(54)38-14-9-11-15-43(38)59(44,7)8)61-48-29-42-35-13-10-12-16-49(35)63-52(42)31-45(48)60(62)55(37)56(39)61/h9-31H,1-8H3. The molecule has 14 rings (SSSR count). The molecule has 0 spiro atoms. The van der Waals surface area contributed by atoms with Crippen LogP contribution in [-0.2, 0) is 16.2 Å². The molecule has 0 saturated carbocycles. The van der Waals surface area contributed by atoms with Gasteiger partial charge >= 0.3 is 6.85 Å². The summed E-state index contributed by atoms with van der Waals surface area (Å²) in [5.74, 6) is 0. The fourth-order valence-corrected chi connectivity index (χ4v) is 12.0. The van der Waals surface area contributed by atoms with Gasteiger partial charge in [-0.25, -0.2) is 0 Å². The Morgan fingerprint density at radius 2 is 1.16 bits per heavy atom. The van der Waals surface area contributed by atoms with Gasteiger partial charge in [0.25, 0.3) is 0 Å². The SMILES string of the molecule is CC(C)(C)c1ccc(N2B3c4cc5oc6ccccc6c5cc4-n4c5ccc6c(c5c5ccc(c3c54)-c3cc4oc5cc(C(C)(C)C)ccc5c4cc32)-c2ccccc2C6(C)C)cc1. The molecule has 8 aromatic carbocycles. The summed E-state index contributed by atoms with van der Waals surface area (Å²) in [4.78, 5) is 2.63. The molecule has 3 aliphatic rings. The van der Waals surface area contributed by atoms with Crippen LogP contribution in [0, 0.1) is 0 Å². The van der Waals surface area contributed by atoms with E-state index in [9.17, 15) is 0 Å². The van der Waals surface area contributed by atoms with Gasteiger partial charge in [-0.3, -0.25) is 0 Å². The number of benzene rings is 8. The Morgan fingerprint density at radius 3 is 1.95 bits per heavy atom. The van der Waals surface area contributed by atoms with E-state index in [1.165, 1.54) is 88.6 Å². The molecule has 4 nitrogen and oxygen atoms in total. The molecular weight excluding hydrogens is 779 g/mol. The molecule has 0 amide bonds. The molecule has 64 heavy (non-hydrogen) atoms. The fourth-order valence-electron chi connectivity index (χ4n) is 12.0. The lowest BCUT2D eigenvalue weighted by atomic mass is 9.44. The van der Waals surface area contributed by atoms with Crippen molar-refractivity contribution in [3.05, 3.63) is 162 Å². The number of hydrogen-bond acceptors (Lipinski definition) is 3. The Balaban J connectivity index is 1.16. The van der Waals surface area contributed by atoms with Crippen molar-refractivity contribution >= 4 is 94.8 Å². The van der Waals surface area contributed by atoms with Crippen molar-refractivity contribution in [2.75, 3.05) is 4.81 Å². The maximum absolute atomic E-state index is 6.86. The predicted molar refractivity (Wildman–Crippen MR) is 269 cm³/mol. The van der Waals surface area contributed by atoms with Gasteiger partial charge in [0.15, 0.2) is 0 Å². The minimum Gasteiger partial charge on any atom is -0.456 e. The normalized spacial score (nSPS) is 14.9. The fraction of sp³-hybridized carbons (Fsp3) is 0.186. The van der Waals surface area contributed by atoms with Crippen molar-refractivity contribution in [1.82, 2.24) is 4.57 Å². The van der Waals surface area contributed by atoms with Crippen LogP contribution in [-0.4, -0.2) is 11.4 Å². The summed E-state index contributed by atoms with van der Waals surface area (Å²) < 4.78 is 16.2. The number of para-hydroxylation sites is 1. The van der Waals surface area contributed by atoms with E-state index in [4.69, 9.17) is 8.83 Å². The van der Waals surface area contributed by atoms with Crippen molar-refractivity contribution < 1.29 is 8.83 Å². The second-order valence-electron chi connectivity index (χ2n) is 21.3. The molecule has 0 saturated heterocycles. The van der Waals surface area contributed by atoms with Gasteiger partial charge in [-0.05, 0) is 115 Å². The summed E-state index contributed by atoms with van der Waals surface area (Å²) in [7, 11) is 0. The molecule has 3 aromatic heterocycles. The molecular formula is C59H47BN2O2. The summed E-state index contributed by atoms with van der Waals surface area (Å²) in [6.07, 6.45) is 0. The molecule has 0 fully saturated rings. The first-order valence-corrected chi connectivity index (χ1v) is 22.9. The highest BCUT2D eigenvalue weighted by molar-refractivity contribution is 6.94. The van der Waals surface area contributed by atoms with Crippen LogP contribution in [0.5, 0.6) is 0 Å². The third kappa shape index (κ3) is 4.54. The zero-order chi connectivity index (χ0) is 43.3. The molecule has 0 radical (unpaired) electrons. The van der Waals surface area contributed by atoms with Gasteiger partial charge in [0.05, 0.1) is 11.0 Å². The zero-order valence-electron chi connectivity index (χ0n) is 37.6. The zero-order valence-corrected chi connectivity index (χ0v) is 37.6. The van der Waals surface area contributed by atoms with E-state index in [0.29, 0.717) is 0 Å². The maximum atomic E-state index is 6.86. The number of furan rings is 2. The first-order valence-electron chi connectivity index (χ1n) is 22.9. The minimum absolute atomic E-state index is 0.00423. The van der Waals surface area contributed by atoms with Crippen LogP contribution >= 0.6 is 0 Å². The van der Waals surface area contributed by atoms with Crippen LogP contribution in [0.3, 0.4) is 0 Å². The quantitative estimate of drug-likeness (QED) is 0.155. The third-order valence-corrected chi connectivity index (χ3v) is 15.3. The van der Waals surface area contributed by atoms with Gasteiger partial charge in [0.1, 0.15) is 22.3 Å². The smallest absolute Gasteiger partial charge is 0.333 e. The van der Waals surface area contributed by atoms with E-state index in [0.717, 1.165) is 49.6 Å². The Bertz CT molecular complexity index is 3900. The highest BCUT2D eigenvalue weighted by Crippen LogP contribution is 2.55. The van der Waals surface area contributed by atoms with Crippen LogP contribution in [0.2, 0.25) is 0 Å². The number of rotatable bonds is 1. The van der Waals surface area contributed by atoms with Gasteiger partial charge in [-0.15, -0.1) is 0 Å². The summed E-state index contributed by atoms with van der Waals surface area (Å²) in [5.41, 5.74) is 22.6. The van der Waals surface area contributed by atoms with E-state index in [1.807, 2.05) is 0 Å². The average Bonchev–Trinajstić information content (AvgIpc) is 4.00. The van der Waals surface area contributed by atoms with E-state index in [1.54, 1.807) is 0 Å². The highest BCUT2D eigenvalue weighted by Gasteiger charge is 2.46. The molecule has 5 heterocycles. The van der Waals surface area contributed by atoms with Crippen LogP contribution in [0.4, 0.5) is 11.4 Å². The lowest BCUT2D eigenvalue weighted by Gasteiger charge is -2.42. The molecule has 11 aromatic rings. The van der Waals surface area contributed by atoms with E-state index in [-0.39, 0.29) is 23.1 Å². The van der Waals surface area contributed by atoms with Crippen molar-refractivity contribution in [1.29, 1.82) is 0 Å². The Hall–Kier alpha value is -6.98. The van der Waals surface area contributed by atoms with Gasteiger partial charge in [-0.2, -0.15) is 0 Å². The summed E-state index contributed by atoms with van der Waals surface area (Å²) >= 11 is 0. The maximum Gasteiger partial charge on any atom is 0.333 e. The molecule has 2 aliphatic heterocycles. The first kappa shape index (κ1) is 36.5. The molecule has 308 valence electrons. The predicted octanol–water partition coefficient (Wildman–Crippen LogP) is 14.7. The van der Waals surface area contributed by atoms with Gasteiger partial charge in [0, 0.05) is 60.4 Å². The van der Waals surface area contributed by atoms with Crippen molar-refractivity contribution in [3.63, 3.8) is 0 Å². The Morgan fingerprint density at radius 1 is 0.500 bits per heavy atom. The molecule has 5 heteroatoms. The number of anilines is 2. The summed E-state index contributed by atoms with van der Waals surface area (Å²) in [6, 6.07) is 52.9. The lowest BCUT2D eigenvalue weighted by molar-refractivity contribution is 0.587. The van der Waals surface area contributed by atoms with Crippen molar-refractivity contribution in [3.8, 4) is 27.9 Å². The highest BCUT2D eigenvalue weighted by atomic mass is 16.3. The molecule has 1 aliphatic carbocycles. The summed E-state index contributed by atoms with van der Waals surface area (Å²) in [6.45, 7) is 18.3. The van der Waals surface area contributed by atoms with Gasteiger partial charge in [-0.1, -0.05) is 140 Å². The number of hydrogen-bond donors (Lipinski definition) is 0. The Kier molecular flexibility index (Phi) is 6.72. The van der Waals surface area contributed by atoms with Crippen LogP contribution in [0.25, 0.3) is 93.6 Å².